The number of quaternary nitrogens is 1. The second-order valence-corrected chi connectivity index (χ2v) is 5.12. The van der Waals surface area contributed by atoms with Crippen molar-refractivity contribution in [3.63, 3.8) is 0 Å². The van der Waals surface area contributed by atoms with Crippen LogP contribution in [0.25, 0.3) is 5.76 Å². The molecule has 0 bridgehead atoms. The summed E-state index contributed by atoms with van der Waals surface area (Å²) < 4.78 is 11.7. The number of benzene rings is 2. The predicted molar refractivity (Wildman–Crippen MR) is 75.4 cm³/mol. The molecule has 0 saturated heterocycles. The predicted octanol–water partition coefficient (Wildman–Crippen LogP) is 1.83. The molecule has 2 aliphatic rings. The molecule has 0 aliphatic carbocycles. The number of rotatable bonds is 1. The lowest BCUT2D eigenvalue weighted by molar-refractivity contribution is -0.991. The highest BCUT2D eigenvalue weighted by atomic mass is 16.8. The summed E-state index contributed by atoms with van der Waals surface area (Å²) in [7, 11) is 0. The molecule has 106 valence electrons. The van der Waals surface area contributed by atoms with Crippen LogP contribution in [0.15, 0.2) is 48.0 Å². The second kappa shape index (κ2) is 4.60. The Labute approximate surface area is 121 Å². The highest BCUT2D eigenvalue weighted by Crippen LogP contribution is 2.41. The molecule has 5 heteroatoms. The van der Waals surface area contributed by atoms with Crippen molar-refractivity contribution in [1.29, 1.82) is 0 Å². The number of hydrogen-bond acceptors (Lipinski definition) is 4. The third kappa shape index (κ3) is 1.99. The minimum Gasteiger partial charge on any atom is -0.595 e. The summed E-state index contributed by atoms with van der Waals surface area (Å²) >= 11 is 0. The van der Waals surface area contributed by atoms with Crippen molar-refractivity contribution in [1.82, 2.24) is 0 Å². The van der Waals surface area contributed by atoms with Crippen molar-refractivity contribution in [3.05, 3.63) is 64.4 Å². The molecule has 1 atom stereocenters. The fourth-order valence-electron chi connectivity index (χ4n) is 2.73. The smallest absolute Gasteiger partial charge is 0.164 e. The van der Waals surface area contributed by atoms with Gasteiger partial charge in [-0.1, -0.05) is 18.2 Å². The van der Waals surface area contributed by atoms with E-state index in [0.29, 0.717) is 17.9 Å². The van der Waals surface area contributed by atoms with Gasteiger partial charge in [0.25, 0.3) is 0 Å². The first-order chi connectivity index (χ1) is 10.2. The molecule has 0 spiro atoms. The van der Waals surface area contributed by atoms with Crippen LogP contribution in [0.2, 0.25) is 0 Å². The van der Waals surface area contributed by atoms with E-state index in [1.165, 1.54) is 0 Å². The summed E-state index contributed by atoms with van der Waals surface area (Å²) in [5.41, 5.74) is 3.11. The Kier molecular flexibility index (Phi) is 2.71. The van der Waals surface area contributed by atoms with E-state index in [2.05, 4.69) is 0 Å². The van der Waals surface area contributed by atoms with Gasteiger partial charge in [0.15, 0.2) is 5.69 Å². The van der Waals surface area contributed by atoms with E-state index >= 15 is 0 Å². The van der Waals surface area contributed by atoms with Gasteiger partial charge in [-0.05, 0) is 17.7 Å². The molecule has 2 aromatic carbocycles. The molecule has 0 amide bonds. The molecule has 5 nitrogen and oxygen atoms in total. The summed E-state index contributed by atoms with van der Waals surface area (Å²) in [6.45, 7) is 0.475. The molecule has 0 aromatic heterocycles. The third-order valence-corrected chi connectivity index (χ3v) is 3.78. The zero-order valence-corrected chi connectivity index (χ0v) is 11.1. The summed E-state index contributed by atoms with van der Waals surface area (Å²) in [6.07, 6.45) is 0.766. The maximum absolute atomic E-state index is 11.1. The van der Waals surface area contributed by atoms with Crippen molar-refractivity contribution < 1.29 is 19.9 Å². The molecule has 2 aromatic rings. The number of hydrogen-bond donors (Lipinski definition) is 2. The van der Waals surface area contributed by atoms with E-state index < -0.39 is 5.23 Å². The van der Waals surface area contributed by atoms with Crippen LogP contribution in [0.5, 0.6) is 11.5 Å². The molecular weight excluding hydrogens is 270 g/mol. The Balaban J connectivity index is 1.82. The van der Waals surface area contributed by atoms with Crippen molar-refractivity contribution in [2.24, 2.45) is 0 Å². The Morgan fingerprint density at radius 2 is 1.95 bits per heavy atom. The molecule has 2 N–H and O–H groups in total. The van der Waals surface area contributed by atoms with Crippen molar-refractivity contribution in [3.8, 4) is 11.5 Å². The van der Waals surface area contributed by atoms with E-state index in [1.807, 2.05) is 24.3 Å². The third-order valence-electron chi connectivity index (χ3n) is 3.78. The first-order valence-electron chi connectivity index (χ1n) is 6.70. The van der Waals surface area contributed by atoms with Gasteiger partial charge < -0.3 is 14.7 Å². The average Bonchev–Trinajstić information content (AvgIpc) is 2.52. The molecule has 21 heavy (non-hydrogen) atoms. The molecule has 0 fully saturated rings. The van der Waals surface area contributed by atoms with Crippen molar-refractivity contribution >= 4 is 11.4 Å². The van der Waals surface area contributed by atoms with Gasteiger partial charge in [0.05, 0.1) is 5.56 Å². The number of para-hydroxylation sites is 1. The fraction of sp³-hybridized carbons (Fsp3) is 0.125. The second-order valence-electron chi connectivity index (χ2n) is 5.12. The lowest BCUT2D eigenvalue weighted by atomic mass is 9.95. The van der Waals surface area contributed by atoms with E-state index in [-0.39, 0.29) is 5.69 Å². The first kappa shape index (κ1) is 12.4. The van der Waals surface area contributed by atoms with Gasteiger partial charge in [-0.15, -0.1) is 0 Å². The van der Waals surface area contributed by atoms with Crippen LogP contribution in [0.1, 0.15) is 11.1 Å². The van der Waals surface area contributed by atoms with Gasteiger partial charge in [-0.2, -0.15) is 5.23 Å². The van der Waals surface area contributed by atoms with Gasteiger partial charge in [-0.25, -0.2) is 5.21 Å². The Morgan fingerprint density at radius 1 is 1.10 bits per heavy atom. The number of fused-ring (bicyclic) bond motifs is 3. The van der Waals surface area contributed by atoms with Crippen LogP contribution in [0.4, 0.5) is 5.69 Å². The molecule has 1 unspecified atom stereocenters. The molecule has 2 aliphatic heterocycles. The Hall–Kier alpha value is -2.34. The SMILES string of the molecule is [O-][NH+](O)c1ccc2c(c1)C1=C(CO2)Cc2ccccc2O1. The summed E-state index contributed by atoms with van der Waals surface area (Å²) in [6, 6.07) is 12.7. The lowest BCUT2D eigenvalue weighted by Gasteiger charge is -2.29. The molecule has 2 heterocycles. The topological polar surface area (TPSA) is 66.2 Å². The molecule has 4 rings (SSSR count). The minimum absolute atomic E-state index is 0.230. The molecule has 0 saturated carbocycles. The van der Waals surface area contributed by atoms with Gasteiger partial charge >= 0.3 is 0 Å². The Bertz CT molecular complexity index is 752. The summed E-state index contributed by atoms with van der Waals surface area (Å²) in [5.74, 6) is 2.22. The molecule has 0 radical (unpaired) electrons. The van der Waals surface area contributed by atoms with Crippen LogP contribution in [0.3, 0.4) is 0 Å². The zero-order valence-electron chi connectivity index (χ0n) is 11.1. The first-order valence-corrected chi connectivity index (χ1v) is 6.70. The van der Waals surface area contributed by atoms with E-state index in [4.69, 9.17) is 14.7 Å². The monoisotopic (exact) mass is 283 g/mol. The highest BCUT2D eigenvalue weighted by molar-refractivity contribution is 5.75. The van der Waals surface area contributed by atoms with E-state index in [9.17, 15) is 5.21 Å². The van der Waals surface area contributed by atoms with Crippen molar-refractivity contribution in [2.45, 2.75) is 6.42 Å². The molecular formula is C16H13NO4. The highest BCUT2D eigenvalue weighted by Gasteiger charge is 2.28. The van der Waals surface area contributed by atoms with Gasteiger partial charge in [0, 0.05) is 24.1 Å². The van der Waals surface area contributed by atoms with Crippen LogP contribution in [0, 0.1) is 5.21 Å². The standard InChI is InChI=1S/C16H13NO4/c18-17(19)12-5-6-15-13(8-12)16-11(9-20-15)7-10-3-1-2-4-14(10)21-16/h1-6,8,17-18H,7,9H2. The van der Waals surface area contributed by atoms with E-state index in [0.717, 1.165) is 29.1 Å². The number of ether oxygens (including phenoxy) is 2. The largest absolute Gasteiger partial charge is 0.595 e. The summed E-state index contributed by atoms with van der Waals surface area (Å²) in [5, 5.41) is 19.3. The van der Waals surface area contributed by atoms with Crippen molar-refractivity contribution in [2.75, 3.05) is 6.61 Å². The van der Waals surface area contributed by atoms with Gasteiger partial charge in [0.2, 0.25) is 0 Å². The normalized spacial score (nSPS) is 17.0. The van der Waals surface area contributed by atoms with Crippen LogP contribution in [-0.2, 0) is 6.42 Å². The zero-order chi connectivity index (χ0) is 14.4. The maximum Gasteiger partial charge on any atom is 0.164 e. The number of nitrogens with one attached hydrogen (secondary N) is 1. The Morgan fingerprint density at radius 3 is 2.81 bits per heavy atom. The average molecular weight is 283 g/mol. The van der Waals surface area contributed by atoms with Crippen LogP contribution in [-0.4, -0.2) is 11.8 Å². The maximum atomic E-state index is 11.1. The van der Waals surface area contributed by atoms with Crippen LogP contribution >= 0.6 is 0 Å². The van der Waals surface area contributed by atoms with Crippen LogP contribution < -0.4 is 14.7 Å². The van der Waals surface area contributed by atoms with E-state index in [1.54, 1.807) is 18.2 Å². The quantitative estimate of drug-likeness (QED) is 0.784. The minimum atomic E-state index is -0.957. The lowest BCUT2D eigenvalue weighted by Crippen LogP contribution is -2.99. The summed E-state index contributed by atoms with van der Waals surface area (Å²) in [4.78, 5) is 0. The van der Waals surface area contributed by atoms with Gasteiger partial charge in [-0.3, -0.25) is 0 Å². The fourth-order valence-corrected chi connectivity index (χ4v) is 2.73. The van der Waals surface area contributed by atoms with Gasteiger partial charge in [0.1, 0.15) is 23.9 Å².